The van der Waals surface area contributed by atoms with Crippen LogP contribution in [0.25, 0.3) is 0 Å². The molecule has 0 amide bonds. The molecular weight excluding hydrogens is 272 g/mol. The first-order valence-electron chi connectivity index (χ1n) is 6.23. The summed E-state index contributed by atoms with van der Waals surface area (Å²) in [5.41, 5.74) is 9.36. The van der Waals surface area contributed by atoms with E-state index < -0.39 is 11.1 Å². The summed E-state index contributed by atoms with van der Waals surface area (Å²) in [4.78, 5) is 0.543. The summed E-state index contributed by atoms with van der Waals surface area (Å²) in [6, 6.07) is 12.9. The highest BCUT2D eigenvalue weighted by atomic mass is 32.2. The number of hydrogen-bond acceptors (Lipinski definition) is 4. The molecule has 5 heteroatoms. The molecule has 0 aliphatic carbocycles. The van der Waals surface area contributed by atoms with E-state index in [1.165, 1.54) is 5.06 Å². The lowest BCUT2D eigenvalue weighted by Gasteiger charge is -2.18. The molecule has 0 heterocycles. The maximum absolute atomic E-state index is 12.1. The van der Waals surface area contributed by atoms with E-state index in [9.17, 15) is 4.21 Å². The minimum atomic E-state index is -1.59. The molecule has 4 nitrogen and oxygen atoms in total. The van der Waals surface area contributed by atoms with Crippen LogP contribution in [-0.4, -0.2) is 11.3 Å². The number of hydroxylamine groups is 1. The Labute approximate surface area is 121 Å². The van der Waals surface area contributed by atoms with Crippen LogP contribution in [0, 0.1) is 13.8 Å². The normalized spacial score (nSPS) is 12.2. The molecule has 1 atom stereocenters. The van der Waals surface area contributed by atoms with E-state index in [-0.39, 0.29) is 0 Å². The monoisotopic (exact) mass is 290 g/mol. The average Bonchev–Trinajstić information content (AvgIpc) is 2.37. The van der Waals surface area contributed by atoms with Crippen LogP contribution < -0.4 is 10.8 Å². The van der Waals surface area contributed by atoms with E-state index >= 15 is 0 Å². The SMILES string of the molecule is Cc1cc(C)cc(N(C)OS(=O)c2cccc(N)c2)c1. The van der Waals surface area contributed by atoms with Crippen LogP contribution in [0.5, 0.6) is 0 Å². The highest BCUT2D eigenvalue weighted by molar-refractivity contribution is 7.80. The molecule has 2 rings (SSSR count). The molecule has 2 aromatic rings. The summed E-state index contributed by atoms with van der Waals surface area (Å²) in [5, 5.41) is 1.51. The van der Waals surface area contributed by atoms with Gasteiger partial charge in [0.15, 0.2) is 0 Å². The Hall–Kier alpha value is -1.85. The number of hydrogen-bond donors (Lipinski definition) is 1. The van der Waals surface area contributed by atoms with Crippen molar-refractivity contribution in [3.8, 4) is 0 Å². The minimum Gasteiger partial charge on any atom is -0.399 e. The fourth-order valence-electron chi connectivity index (χ4n) is 1.94. The number of nitrogens with zero attached hydrogens (tertiary/aromatic N) is 1. The number of aryl methyl sites for hydroxylation is 2. The molecule has 1 unspecified atom stereocenters. The van der Waals surface area contributed by atoms with Crippen LogP contribution in [0.1, 0.15) is 11.1 Å². The summed E-state index contributed by atoms with van der Waals surface area (Å²) in [7, 11) is 1.73. The van der Waals surface area contributed by atoms with Crippen molar-refractivity contribution >= 4 is 22.5 Å². The molecule has 0 aromatic heterocycles. The molecule has 106 valence electrons. The first kappa shape index (κ1) is 14.6. The lowest BCUT2D eigenvalue weighted by Crippen LogP contribution is -2.19. The van der Waals surface area contributed by atoms with Crippen molar-refractivity contribution < 1.29 is 8.49 Å². The second-order valence-corrected chi connectivity index (χ2v) is 5.82. The van der Waals surface area contributed by atoms with Crippen LogP contribution in [0.4, 0.5) is 11.4 Å². The van der Waals surface area contributed by atoms with E-state index in [2.05, 4.69) is 6.07 Å². The van der Waals surface area contributed by atoms with Crippen LogP contribution in [0.15, 0.2) is 47.4 Å². The van der Waals surface area contributed by atoms with Crippen molar-refractivity contribution in [3.05, 3.63) is 53.6 Å². The maximum atomic E-state index is 12.1. The van der Waals surface area contributed by atoms with E-state index in [0.717, 1.165) is 16.8 Å². The average molecular weight is 290 g/mol. The lowest BCUT2D eigenvalue weighted by atomic mass is 10.1. The smallest absolute Gasteiger partial charge is 0.212 e. The predicted molar refractivity (Wildman–Crippen MR) is 82.7 cm³/mol. The van der Waals surface area contributed by atoms with Crippen molar-refractivity contribution in [2.45, 2.75) is 18.7 Å². The highest BCUT2D eigenvalue weighted by Gasteiger charge is 2.10. The summed E-state index contributed by atoms with van der Waals surface area (Å²) in [6.07, 6.45) is 0. The second kappa shape index (κ2) is 6.07. The molecule has 0 aliphatic heterocycles. The number of rotatable bonds is 4. The van der Waals surface area contributed by atoms with Gasteiger partial charge in [-0.05, 0) is 55.3 Å². The van der Waals surface area contributed by atoms with Gasteiger partial charge in [0, 0.05) is 12.7 Å². The Morgan fingerprint density at radius 2 is 1.75 bits per heavy atom. The zero-order chi connectivity index (χ0) is 14.7. The zero-order valence-electron chi connectivity index (χ0n) is 11.8. The van der Waals surface area contributed by atoms with Crippen molar-refractivity contribution in [1.29, 1.82) is 0 Å². The van der Waals surface area contributed by atoms with Gasteiger partial charge in [0.05, 0.1) is 10.6 Å². The zero-order valence-corrected chi connectivity index (χ0v) is 12.6. The summed E-state index contributed by atoms with van der Waals surface area (Å²) in [6.45, 7) is 4.03. The molecule has 20 heavy (non-hydrogen) atoms. The molecule has 0 fully saturated rings. The van der Waals surface area contributed by atoms with Gasteiger partial charge in [0.2, 0.25) is 11.1 Å². The van der Waals surface area contributed by atoms with Gasteiger partial charge in [-0.25, -0.2) is 9.27 Å². The Morgan fingerprint density at radius 1 is 1.10 bits per heavy atom. The largest absolute Gasteiger partial charge is 0.399 e. The van der Waals surface area contributed by atoms with Crippen LogP contribution in [0.2, 0.25) is 0 Å². The quantitative estimate of drug-likeness (QED) is 0.695. The molecule has 0 aliphatic rings. The topological polar surface area (TPSA) is 55.6 Å². The number of anilines is 2. The number of nitrogen functional groups attached to an aromatic ring is 1. The Balaban J connectivity index is 2.15. The predicted octanol–water partition coefficient (Wildman–Crippen LogP) is 2.98. The van der Waals surface area contributed by atoms with Crippen LogP contribution in [0.3, 0.4) is 0 Å². The van der Waals surface area contributed by atoms with Crippen molar-refractivity contribution in [3.63, 3.8) is 0 Å². The second-order valence-electron chi connectivity index (χ2n) is 4.73. The first-order valence-corrected chi connectivity index (χ1v) is 7.31. The Bertz CT molecular complexity index is 623. The molecular formula is C15H18N2O2S. The molecule has 0 spiro atoms. The molecule has 0 saturated carbocycles. The van der Waals surface area contributed by atoms with Gasteiger partial charge in [-0.3, -0.25) is 0 Å². The van der Waals surface area contributed by atoms with E-state index in [4.69, 9.17) is 10.0 Å². The lowest BCUT2D eigenvalue weighted by molar-refractivity contribution is 0.333. The number of benzene rings is 2. The van der Waals surface area contributed by atoms with Crippen LogP contribution in [-0.2, 0) is 15.4 Å². The standard InChI is InChI=1S/C15H18N2O2S/c1-11-7-12(2)9-14(8-11)17(3)19-20(18)15-6-4-5-13(16)10-15/h4-10H,16H2,1-3H3. The van der Waals surface area contributed by atoms with E-state index in [1.54, 1.807) is 31.3 Å². The summed E-state index contributed by atoms with van der Waals surface area (Å²) < 4.78 is 17.6. The third-order valence-corrected chi connectivity index (χ3v) is 3.80. The fraction of sp³-hybridized carbons (Fsp3) is 0.200. The Kier molecular flexibility index (Phi) is 4.42. The van der Waals surface area contributed by atoms with Gasteiger partial charge in [-0.1, -0.05) is 12.1 Å². The van der Waals surface area contributed by atoms with Gasteiger partial charge in [-0.2, -0.15) is 4.28 Å². The van der Waals surface area contributed by atoms with Gasteiger partial charge in [-0.15, -0.1) is 0 Å². The first-order chi connectivity index (χ1) is 9.45. The summed E-state index contributed by atoms with van der Waals surface area (Å²) >= 11 is -1.59. The molecule has 0 bridgehead atoms. The van der Waals surface area contributed by atoms with E-state index in [0.29, 0.717) is 10.6 Å². The third kappa shape index (κ3) is 3.59. The fourth-order valence-corrected chi connectivity index (χ4v) is 2.74. The van der Waals surface area contributed by atoms with Crippen molar-refractivity contribution in [2.75, 3.05) is 17.8 Å². The van der Waals surface area contributed by atoms with Crippen LogP contribution >= 0.6 is 0 Å². The summed E-state index contributed by atoms with van der Waals surface area (Å²) in [5.74, 6) is 0. The number of nitrogens with two attached hydrogens (primary N) is 1. The van der Waals surface area contributed by atoms with Gasteiger partial charge in [0.1, 0.15) is 0 Å². The van der Waals surface area contributed by atoms with Gasteiger partial charge >= 0.3 is 0 Å². The van der Waals surface area contributed by atoms with Gasteiger partial charge < -0.3 is 5.73 Å². The molecule has 0 saturated heterocycles. The minimum absolute atomic E-state index is 0.543. The third-order valence-electron chi connectivity index (χ3n) is 2.80. The maximum Gasteiger partial charge on any atom is 0.212 e. The van der Waals surface area contributed by atoms with Gasteiger partial charge in [0.25, 0.3) is 0 Å². The molecule has 2 aromatic carbocycles. The molecule has 0 radical (unpaired) electrons. The highest BCUT2D eigenvalue weighted by Crippen LogP contribution is 2.20. The van der Waals surface area contributed by atoms with Crippen molar-refractivity contribution in [2.24, 2.45) is 0 Å². The van der Waals surface area contributed by atoms with Crippen molar-refractivity contribution in [1.82, 2.24) is 0 Å². The Morgan fingerprint density at radius 3 is 2.35 bits per heavy atom. The molecule has 2 N–H and O–H groups in total. The van der Waals surface area contributed by atoms with E-state index in [1.807, 2.05) is 26.0 Å².